The summed E-state index contributed by atoms with van der Waals surface area (Å²) >= 11 is 5.16. The summed E-state index contributed by atoms with van der Waals surface area (Å²) in [5, 5.41) is 3.30. The summed E-state index contributed by atoms with van der Waals surface area (Å²) in [5.41, 5.74) is 4.12. The number of allylic oxidation sites excluding steroid dienone is 1. The second-order valence-corrected chi connectivity index (χ2v) is 7.99. The zero-order chi connectivity index (χ0) is 17.2. The van der Waals surface area contributed by atoms with E-state index in [0.717, 1.165) is 46.4 Å². The van der Waals surface area contributed by atoms with Crippen molar-refractivity contribution in [2.24, 2.45) is 0 Å². The van der Waals surface area contributed by atoms with Crippen LogP contribution in [-0.2, 0) is 0 Å². The maximum Gasteiger partial charge on any atom is 0.191 e. The van der Waals surface area contributed by atoms with Crippen LogP contribution in [0.1, 0.15) is 35.2 Å². The SMILES string of the molecule is O=C(C1=C2SC=C(c3ccccc3)N2CCCC1)c1cccc(Br)c1. The highest BCUT2D eigenvalue weighted by molar-refractivity contribution is 9.10. The third-order valence-electron chi connectivity index (χ3n) is 4.57. The van der Waals surface area contributed by atoms with Gasteiger partial charge >= 0.3 is 0 Å². The molecule has 0 saturated heterocycles. The Morgan fingerprint density at radius 3 is 2.68 bits per heavy atom. The summed E-state index contributed by atoms with van der Waals surface area (Å²) in [7, 11) is 0. The lowest BCUT2D eigenvalue weighted by Crippen LogP contribution is -2.19. The van der Waals surface area contributed by atoms with Crippen LogP contribution in [0.25, 0.3) is 5.70 Å². The third-order valence-corrected chi connectivity index (χ3v) is 6.09. The molecule has 0 bridgehead atoms. The smallest absolute Gasteiger partial charge is 0.191 e. The van der Waals surface area contributed by atoms with Gasteiger partial charge in [0.1, 0.15) is 0 Å². The standard InChI is InChI=1S/C21H18BrNOS/c22-17-10-6-9-16(13-17)20(24)18-11-4-5-12-23-19(14-25-21(18)23)15-7-2-1-3-8-15/h1-3,6-10,13-14H,4-5,11-12H2. The Morgan fingerprint density at radius 2 is 1.88 bits per heavy atom. The van der Waals surface area contributed by atoms with E-state index in [1.807, 2.05) is 30.3 Å². The first-order valence-corrected chi connectivity index (χ1v) is 10.1. The minimum absolute atomic E-state index is 0.151. The fraction of sp³-hybridized carbons (Fsp3) is 0.190. The van der Waals surface area contributed by atoms with Crippen molar-refractivity contribution in [2.75, 3.05) is 6.54 Å². The minimum Gasteiger partial charge on any atom is -0.335 e. The van der Waals surface area contributed by atoms with Gasteiger partial charge in [0.2, 0.25) is 0 Å². The van der Waals surface area contributed by atoms with Crippen LogP contribution in [0.2, 0.25) is 0 Å². The lowest BCUT2D eigenvalue weighted by Gasteiger charge is -2.23. The lowest BCUT2D eigenvalue weighted by molar-refractivity contribution is 0.102. The Kier molecular flexibility index (Phi) is 4.82. The van der Waals surface area contributed by atoms with Crippen molar-refractivity contribution in [2.45, 2.75) is 19.3 Å². The molecule has 0 amide bonds. The first kappa shape index (κ1) is 16.7. The molecule has 2 aromatic carbocycles. The number of carbonyl (C=O) groups is 1. The molecule has 0 saturated carbocycles. The maximum absolute atomic E-state index is 13.1. The summed E-state index contributed by atoms with van der Waals surface area (Å²) in [5.74, 6) is 0.151. The molecule has 4 heteroatoms. The first-order chi connectivity index (χ1) is 12.2. The van der Waals surface area contributed by atoms with Gasteiger partial charge in [-0.15, -0.1) is 0 Å². The first-order valence-electron chi connectivity index (χ1n) is 8.47. The molecule has 0 aliphatic carbocycles. The van der Waals surface area contributed by atoms with Gasteiger partial charge in [-0.1, -0.05) is 70.2 Å². The molecule has 4 rings (SSSR count). The van der Waals surface area contributed by atoms with Crippen LogP contribution in [0, 0.1) is 0 Å². The predicted molar refractivity (Wildman–Crippen MR) is 108 cm³/mol. The van der Waals surface area contributed by atoms with Crippen molar-refractivity contribution < 1.29 is 4.79 Å². The fourth-order valence-electron chi connectivity index (χ4n) is 3.33. The van der Waals surface area contributed by atoms with E-state index in [4.69, 9.17) is 0 Å². The quantitative estimate of drug-likeness (QED) is 0.571. The van der Waals surface area contributed by atoms with Gasteiger partial charge in [-0.05, 0) is 37.0 Å². The molecule has 2 aromatic rings. The molecule has 2 aliphatic rings. The molecule has 0 spiro atoms. The number of nitrogens with zero attached hydrogens (tertiary/aromatic N) is 1. The maximum atomic E-state index is 13.1. The molecule has 2 heterocycles. The summed E-state index contributed by atoms with van der Waals surface area (Å²) in [6.07, 6.45) is 3.00. The topological polar surface area (TPSA) is 20.3 Å². The fourth-order valence-corrected chi connectivity index (χ4v) is 4.87. The minimum atomic E-state index is 0.151. The summed E-state index contributed by atoms with van der Waals surface area (Å²) in [6.45, 7) is 0.971. The summed E-state index contributed by atoms with van der Waals surface area (Å²) < 4.78 is 0.941. The Balaban J connectivity index is 1.72. The average molecular weight is 412 g/mol. The number of rotatable bonds is 3. The number of hydrogen-bond donors (Lipinski definition) is 0. The van der Waals surface area contributed by atoms with E-state index in [2.05, 4.69) is 50.5 Å². The summed E-state index contributed by atoms with van der Waals surface area (Å²) in [4.78, 5) is 15.5. The van der Waals surface area contributed by atoms with Gasteiger partial charge in [0.05, 0.1) is 10.7 Å². The highest BCUT2D eigenvalue weighted by Gasteiger charge is 2.30. The van der Waals surface area contributed by atoms with E-state index in [0.29, 0.717) is 0 Å². The van der Waals surface area contributed by atoms with Crippen LogP contribution >= 0.6 is 27.7 Å². The number of halogens is 1. The van der Waals surface area contributed by atoms with E-state index in [9.17, 15) is 4.79 Å². The number of ketones is 1. The normalized spacial score (nSPS) is 17.2. The van der Waals surface area contributed by atoms with Crippen LogP contribution in [0.15, 0.2) is 75.1 Å². The third kappa shape index (κ3) is 3.33. The van der Waals surface area contributed by atoms with Crippen molar-refractivity contribution in [3.63, 3.8) is 0 Å². The largest absolute Gasteiger partial charge is 0.335 e. The molecule has 0 atom stereocenters. The van der Waals surface area contributed by atoms with Crippen molar-refractivity contribution in [3.05, 3.63) is 86.2 Å². The van der Waals surface area contributed by atoms with Gasteiger partial charge in [-0.25, -0.2) is 0 Å². The Bertz CT molecular complexity index is 872. The second kappa shape index (κ2) is 7.22. The van der Waals surface area contributed by atoms with Crippen LogP contribution in [-0.4, -0.2) is 17.2 Å². The van der Waals surface area contributed by atoms with Gasteiger partial charge in [0.25, 0.3) is 0 Å². The Hall–Kier alpha value is -1.78. The van der Waals surface area contributed by atoms with Crippen molar-refractivity contribution in [1.82, 2.24) is 4.90 Å². The molecule has 2 nitrogen and oxygen atoms in total. The molecule has 0 unspecified atom stereocenters. The molecule has 0 N–H and O–H groups in total. The van der Waals surface area contributed by atoms with Crippen molar-refractivity contribution in [1.29, 1.82) is 0 Å². The molecule has 2 aliphatic heterocycles. The van der Waals surface area contributed by atoms with Gasteiger partial charge < -0.3 is 4.90 Å². The molecule has 0 fully saturated rings. The predicted octanol–water partition coefficient (Wildman–Crippen LogP) is 6.07. The monoisotopic (exact) mass is 411 g/mol. The number of thioether (sulfide) groups is 1. The lowest BCUT2D eigenvalue weighted by atomic mass is 10.00. The van der Waals surface area contributed by atoms with Crippen molar-refractivity contribution >= 4 is 39.2 Å². The number of hydrogen-bond acceptors (Lipinski definition) is 3. The number of carbonyl (C=O) groups excluding carboxylic acids is 1. The molecule has 126 valence electrons. The van der Waals surface area contributed by atoms with Crippen molar-refractivity contribution in [3.8, 4) is 0 Å². The molecule has 0 radical (unpaired) electrons. The number of benzene rings is 2. The van der Waals surface area contributed by atoms with Gasteiger partial charge in [0.15, 0.2) is 5.78 Å². The second-order valence-electron chi connectivity index (χ2n) is 6.22. The molecular weight excluding hydrogens is 394 g/mol. The zero-order valence-electron chi connectivity index (χ0n) is 13.7. The van der Waals surface area contributed by atoms with E-state index in [-0.39, 0.29) is 5.78 Å². The number of Topliss-reactive ketones (excluding diaryl/α,β-unsaturated/α-hetero) is 1. The van der Waals surface area contributed by atoms with Gasteiger partial charge in [-0.3, -0.25) is 4.79 Å². The van der Waals surface area contributed by atoms with Crippen LogP contribution in [0.4, 0.5) is 0 Å². The Labute approximate surface area is 160 Å². The average Bonchev–Trinajstić information content (AvgIpc) is 2.94. The molecule has 0 aromatic heterocycles. The highest BCUT2D eigenvalue weighted by Crippen LogP contribution is 2.44. The van der Waals surface area contributed by atoms with E-state index in [1.54, 1.807) is 11.8 Å². The highest BCUT2D eigenvalue weighted by atomic mass is 79.9. The van der Waals surface area contributed by atoms with E-state index >= 15 is 0 Å². The molecule has 25 heavy (non-hydrogen) atoms. The molecular formula is C21H18BrNOS. The van der Waals surface area contributed by atoms with Crippen LogP contribution < -0.4 is 0 Å². The Morgan fingerprint density at radius 1 is 1.04 bits per heavy atom. The number of fused-ring (bicyclic) bond motifs is 1. The summed E-state index contributed by atoms with van der Waals surface area (Å²) in [6, 6.07) is 18.1. The van der Waals surface area contributed by atoms with Crippen LogP contribution in [0.3, 0.4) is 0 Å². The van der Waals surface area contributed by atoms with E-state index < -0.39 is 0 Å². The van der Waals surface area contributed by atoms with Gasteiger partial charge in [-0.2, -0.15) is 0 Å². The zero-order valence-corrected chi connectivity index (χ0v) is 16.1. The van der Waals surface area contributed by atoms with Crippen LogP contribution in [0.5, 0.6) is 0 Å². The van der Waals surface area contributed by atoms with Gasteiger partial charge in [0, 0.05) is 27.6 Å². The van der Waals surface area contributed by atoms with E-state index in [1.165, 1.54) is 11.3 Å².